The van der Waals surface area contributed by atoms with Gasteiger partial charge in [0.15, 0.2) is 0 Å². The van der Waals surface area contributed by atoms with Gasteiger partial charge >= 0.3 is 6.61 Å². The highest BCUT2D eigenvalue weighted by Crippen LogP contribution is 2.22. The number of aromatic carboxylic acids is 1. The number of ether oxygens (including phenoxy) is 1. The van der Waals surface area contributed by atoms with Crippen LogP contribution in [-0.2, 0) is 0 Å². The van der Waals surface area contributed by atoms with Crippen molar-refractivity contribution in [3.8, 4) is 17.0 Å². The molecule has 0 aliphatic heterocycles. The van der Waals surface area contributed by atoms with Crippen LogP contribution in [0.15, 0.2) is 30.3 Å². The van der Waals surface area contributed by atoms with E-state index in [1.165, 1.54) is 30.3 Å². The van der Waals surface area contributed by atoms with Crippen LogP contribution in [0.25, 0.3) is 11.3 Å². The predicted molar refractivity (Wildman–Crippen MR) is 55.0 cm³/mol. The van der Waals surface area contributed by atoms with Crippen LogP contribution < -0.4 is 9.84 Å². The number of carboxylic acids is 1. The van der Waals surface area contributed by atoms with E-state index in [4.69, 9.17) is 0 Å². The van der Waals surface area contributed by atoms with Gasteiger partial charge in [0.2, 0.25) is 0 Å². The summed E-state index contributed by atoms with van der Waals surface area (Å²) in [5.74, 6) is -1.35. The van der Waals surface area contributed by atoms with E-state index in [-0.39, 0.29) is 11.4 Å². The molecule has 0 unspecified atom stereocenters. The SMILES string of the molecule is O=C([O-])c1cc(-c2ccc(OC(F)F)cc2)n[nH]1. The Morgan fingerprint density at radius 1 is 1.33 bits per heavy atom. The lowest BCUT2D eigenvalue weighted by Crippen LogP contribution is -2.22. The van der Waals surface area contributed by atoms with Gasteiger partial charge in [0.25, 0.3) is 0 Å². The summed E-state index contributed by atoms with van der Waals surface area (Å²) in [6.07, 6.45) is 0. The van der Waals surface area contributed by atoms with Crippen molar-refractivity contribution in [1.29, 1.82) is 0 Å². The number of carbonyl (C=O) groups is 1. The molecule has 7 heteroatoms. The van der Waals surface area contributed by atoms with Crippen molar-refractivity contribution in [1.82, 2.24) is 10.2 Å². The van der Waals surface area contributed by atoms with Gasteiger partial charge in [-0.25, -0.2) is 0 Å². The number of benzene rings is 1. The molecule has 0 aliphatic rings. The number of rotatable bonds is 4. The summed E-state index contributed by atoms with van der Waals surface area (Å²) in [4.78, 5) is 10.5. The fourth-order valence-electron chi connectivity index (χ4n) is 1.38. The lowest BCUT2D eigenvalue weighted by molar-refractivity contribution is -0.255. The Labute approximate surface area is 100 Å². The van der Waals surface area contributed by atoms with Crippen molar-refractivity contribution in [2.24, 2.45) is 0 Å². The van der Waals surface area contributed by atoms with Crippen LogP contribution in [0, 0.1) is 0 Å². The molecule has 0 radical (unpaired) electrons. The second-order valence-electron chi connectivity index (χ2n) is 3.36. The normalized spacial score (nSPS) is 10.6. The molecule has 94 valence electrons. The van der Waals surface area contributed by atoms with E-state index in [9.17, 15) is 18.7 Å². The van der Waals surface area contributed by atoms with Gasteiger partial charge in [-0.05, 0) is 30.3 Å². The first-order valence-electron chi connectivity index (χ1n) is 4.88. The third kappa shape index (κ3) is 2.62. The van der Waals surface area contributed by atoms with Crippen molar-refractivity contribution in [2.45, 2.75) is 6.61 Å². The summed E-state index contributed by atoms with van der Waals surface area (Å²) in [5.41, 5.74) is 0.788. The van der Waals surface area contributed by atoms with Crippen molar-refractivity contribution in [3.63, 3.8) is 0 Å². The van der Waals surface area contributed by atoms with E-state index in [1.54, 1.807) is 0 Å². The zero-order valence-corrected chi connectivity index (χ0v) is 8.89. The van der Waals surface area contributed by atoms with Crippen LogP contribution >= 0.6 is 0 Å². The van der Waals surface area contributed by atoms with Gasteiger partial charge < -0.3 is 14.6 Å². The van der Waals surface area contributed by atoms with Crippen molar-refractivity contribution in [2.75, 3.05) is 0 Å². The molecule has 5 nitrogen and oxygen atoms in total. The van der Waals surface area contributed by atoms with Gasteiger partial charge in [0.1, 0.15) is 5.75 Å². The third-order valence-corrected chi connectivity index (χ3v) is 2.17. The standard InChI is InChI=1S/C11H8F2N2O3/c12-11(13)18-7-3-1-6(2-4-7)8-5-9(10(16)17)15-14-8/h1-5,11H,(H,14,15)(H,16,17)/p-1. The quantitative estimate of drug-likeness (QED) is 0.883. The van der Waals surface area contributed by atoms with E-state index in [0.29, 0.717) is 11.3 Å². The molecule has 0 atom stereocenters. The minimum absolute atomic E-state index is 0.0180. The number of H-pyrrole nitrogens is 1. The highest BCUT2D eigenvalue weighted by molar-refractivity contribution is 5.85. The third-order valence-electron chi connectivity index (χ3n) is 2.17. The van der Waals surface area contributed by atoms with Gasteiger partial charge in [-0.2, -0.15) is 13.9 Å². The fourth-order valence-corrected chi connectivity index (χ4v) is 1.38. The average Bonchev–Trinajstić information content (AvgIpc) is 2.78. The topological polar surface area (TPSA) is 78.0 Å². The number of hydrogen-bond acceptors (Lipinski definition) is 4. The number of aromatic amines is 1. The number of nitrogens with zero attached hydrogens (tertiary/aromatic N) is 1. The van der Waals surface area contributed by atoms with Crippen molar-refractivity contribution in [3.05, 3.63) is 36.0 Å². The van der Waals surface area contributed by atoms with Crippen LogP contribution in [0.1, 0.15) is 10.5 Å². The summed E-state index contributed by atoms with van der Waals surface area (Å²) >= 11 is 0. The summed E-state index contributed by atoms with van der Waals surface area (Å²) in [5, 5.41) is 16.6. The Bertz CT molecular complexity index is 552. The largest absolute Gasteiger partial charge is 0.543 e. The number of halogens is 2. The van der Waals surface area contributed by atoms with Gasteiger partial charge in [-0.3, -0.25) is 5.10 Å². The van der Waals surface area contributed by atoms with Gasteiger partial charge in [-0.15, -0.1) is 0 Å². The highest BCUT2D eigenvalue weighted by atomic mass is 19.3. The maximum Gasteiger partial charge on any atom is 0.387 e. The van der Waals surface area contributed by atoms with Crippen LogP contribution in [0.5, 0.6) is 5.75 Å². The maximum atomic E-state index is 11.9. The Kier molecular flexibility index (Phi) is 3.22. The van der Waals surface area contributed by atoms with Crippen molar-refractivity contribution >= 4 is 5.97 Å². The van der Waals surface area contributed by atoms with Crippen LogP contribution in [0.4, 0.5) is 8.78 Å². The van der Waals surface area contributed by atoms with Gasteiger partial charge in [0, 0.05) is 5.56 Å². The number of nitrogens with one attached hydrogen (secondary N) is 1. The molecule has 0 saturated heterocycles. The molecular formula is C11H7F2N2O3-. The molecule has 0 spiro atoms. The lowest BCUT2D eigenvalue weighted by atomic mass is 10.1. The summed E-state index contributed by atoms with van der Waals surface area (Å²) in [7, 11) is 0. The Morgan fingerprint density at radius 2 is 2.00 bits per heavy atom. The molecule has 0 saturated carbocycles. The zero-order valence-electron chi connectivity index (χ0n) is 8.89. The number of carboxylic acid groups (broad SMARTS) is 1. The highest BCUT2D eigenvalue weighted by Gasteiger charge is 2.07. The molecular weight excluding hydrogens is 246 g/mol. The molecule has 18 heavy (non-hydrogen) atoms. The number of carbonyl (C=O) groups excluding carboxylic acids is 1. The van der Waals surface area contributed by atoms with E-state index in [2.05, 4.69) is 14.9 Å². The number of hydrogen-bond donors (Lipinski definition) is 1. The lowest BCUT2D eigenvalue weighted by Gasteiger charge is -2.04. The Morgan fingerprint density at radius 3 is 2.50 bits per heavy atom. The first-order valence-corrected chi connectivity index (χ1v) is 4.88. The van der Waals surface area contributed by atoms with Gasteiger partial charge in [-0.1, -0.05) is 0 Å². The monoisotopic (exact) mass is 253 g/mol. The summed E-state index contributed by atoms with van der Waals surface area (Å²) in [6, 6.07) is 6.96. The smallest absolute Gasteiger partial charge is 0.387 e. The van der Waals surface area contributed by atoms with Crippen LogP contribution in [0.3, 0.4) is 0 Å². The minimum atomic E-state index is -2.88. The first kappa shape index (κ1) is 12.0. The summed E-state index contributed by atoms with van der Waals surface area (Å²) in [6.45, 7) is -2.88. The molecule has 0 bridgehead atoms. The summed E-state index contributed by atoms with van der Waals surface area (Å²) < 4.78 is 28.0. The van der Waals surface area contributed by atoms with Crippen LogP contribution in [-0.4, -0.2) is 22.8 Å². The number of alkyl halides is 2. The second kappa shape index (κ2) is 4.82. The molecule has 1 aromatic heterocycles. The maximum absolute atomic E-state index is 11.9. The van der Waals surface area contributed by atoms with E-state index in [1.807, 2.05) is 0 Å². The van der Waals surface area contributed by atoms with Crippen molar-refractivity contribution < 1.29 is 23.4 Å². The van der Waals surface area contributed by atoms with Crippen LogP contribution in [0.2, 0.25) is 0 Å². The fraction of sp³-hybridized carbons (Fsp3) is 0.0909. The zero-order chi connectivity index (χ0) is 13.1. The minimum Gasteiger partial charge on any atom is -0.543 e. The number of aromatic nitrogens is 2. The molecule has 2 rings (SSSR count). The predicted octanol–water partition coefficient (Wildman–Crippen LogP) is 1.04. The Hall–Kier alpha value is -2.44. The van der Waals surface area contributed by atoms with E-state index < -0.39 is 12.6 Å². The molecule has 0 amide bonds. The Balaban J connectivity index is 2.20. The van der Waals surface area contributed by atoms with Gasteiger partial charge in [0.05, 0.1) is 17.4 Å². The van der Waals surface area contributed by atoms with E-state index >= 15 is 0 Å². The molecule has 2 aromatic rings. The molecule has 0 aliphatic carbocycles. The molecule has 1 aromatic carbocycles. The first-order chi connectivity index (χ1) is 8.56. The van der Waals surface area contributed by atoms with E-state index in [0.717, 1.165) is 0 Å². The molecule has 1 N–H and O–H groups in total. The molecule has 0 fully saturated rings. The molecule has 1 heterocycles. The second-order valence-corrected chi connectivity index (χ2v) is 3.36. The average molecular weight is 253 g/mol.